The van der Waals surface area contributed by atoms with Gasteiger partial charge in [-0.1, -0.05) is 86.2 Å². The summed E-state index contributed by atoms with van der Waals surface area (Å²) in [5, 5.41) is 27.1. The number of amides is 2. The molecule has 0 saturated heterocycles. The number of rotatable bonds is 19. The third-order valence-electron chi connectivity index (χ3n) is 12.4. The predicted molar refractivity (Wildman–Crippen MR) is 215 cm³/mol. The van der Waals surface area contributed by atoms with Crippen LogP contribution in [-0.2, 0) is 20.9 Å². The summed E-state index contributed by atoms with van der Waals surface area (Å²) in [7, 11) is 3.41. The van der Waals surface area contributed by atoms with E-state index in [1.807, 2.05) is 54.4 Å². The maximum Gasteiger partial charge on any atom is 0.412 e. The van der Waals surface area contributed by atoms with Gasteiger partial charge in [-0.3, -0.25) is 4.79 Å². The van der Waals surface area contributed by atoms with E-state index in [4.69, 9.17) is 19.0 Å². The number of hydrogen-bond donors (Lipinski definition) is 3. The molecule has 3 N–H and O–H groups in total. The van der Waals surface area contributed by atoms with Crippen LogP contribution in [0.3, 0.4) is 0 Å². The minimum absolute atomic E-state index is 0.0427. The van der Waals surface area contributed by atoms with E-state index in [0.717, 1.165) is 54.5 Å². The minimum atomic E-state index is -1.30. The molecule has 3 aliphatic carbocycles. The zero-order valence-electron chi connectivity index (χ0n) is 33.2. The lowest BCUT2D eigenvalue weighted by molar-refractivity contribution is -0.255. The lowest BCUT2D eigenvalue weighted by Gasteiger charge is -2.59. The number of fused-ring (bicyclic) bond motifs is 2. The van der Waals surface area contributed by atoms with E-state index < -0.39 is 23.8 Å². The van der Waals surface area contributed by atoms with Crippen LogP contribution in [0.1, 0.15) is 101 Å². The first-order valence-electron chi connectivity index (χ1n) is 20.7. The SMILES string of the molecule is C=CCO[C@@]12Oc3ccc(OC(=O)NCc4ccccc4)cc3[C@H]3[C@H](CCCCO)[C@@H](CCCCO)C=C(C(=NOC)C[C@@H]1N(C)C(=O)CCC1CCCC1)[C@H]32. The number of nitrogens with one attached hydrogen (secondary N) is 1. The van der Waals surface area contributed by atoms with Crippen LogP contribution in [0, 0.1) is 23.7 Å². The number of allylic oxidation sites excluding steroid dienone is 1. The van der Waals surface area contributed by atoms with Gasteiger partial charge in [-0.15, -0.1) is 6.58 Å². The van der Waals surface area contributed by atoms with Crippen LogP contribution in [0.15, 0.2) is 78.0 Å². The summed E-state index contributed by atoms with van der Waals surface area (Å²) in [6.07, 6.45) is 14.6. The van der Waals surface area contributed by atoms with Crippen LogP contribution in [0.5, 0.6) is 11.5 Å². The number of ether oxygens (including phenoxy) is 3. The molecule has 6 rings (SSSR count). The van der Waals surface area contributed by atoms with Crippen molar-refractivity contribution in [3.05, 3.63) is 84.0 Å². The van der Waals surface area contributed by atoms with Gasteiger partial charge in [0.05, 0.1) is 18.2 Å². The number of unbranched alkanes of at least 4 members (excludes halogenated alkanes) is 2. The topological polar surface area (TPSA) is 139 Å². The molecule has 11 nitrogen and oxygen atoms in total. The molecule has 1 aliphatic heterocycles. The molecule has 2 aromatic rings. The van der Waals surface area contributed by atoms with E-state index in [2.05, 4.69) is 23.1 Å². The molecule has 6 atom stereocenters. The molecule has 0 aromatic heterocycles. The highest BCUT2D eigenvalue weighted by molar-refractivity contribution is 6.03. The third kappa shape index (κ3) is 9.32. The molecule has 2 aromatic carbocycles. The second-order valence-electron chi connectivity index (χ2n) is 15.9. The molecular weight excluding hydrogens is 711 g/mol. The monoisotopic (exact) mass is 771 g/mol. The molecule has 0 bridgehead atoms. The smallest absolute Gasteiger partial charge is 0.412 e. The highest BCUT2D eigenvalue weighted by atomic mass is 16.7. The average molecular weight is 772 g/mol. The lowest BCUT2D eigenvalue weighted by Crippen LogP contribution is -2.69. The van der Waals surface area contributed by atoms with Crippen LogP contribution in [0.2, 0.25) is 0 Å². The highest BCUT2D eigenvalue weighted by Crippen LogP contribution is 2.61. The Balaban J connectivity index is 1.44. The van der Waals surface area contributed by atoms with Crippen molar-refractivity contribution in [1.29, 1.82) is 0 Å². The first-order valence-corrected chi connectivity index (χ1v) is 20.7. The van der Waals surface area contributed by atoms with Gasteiger partial charge in [0.15, 0.2) is 0 Å². The first-order chi connectivity index (χ1) is 27.3. The number of carbonyl (C=O) groups is 2. The van der Waals surface area contributed by atoms with Gasteiger partial charge >= 0.3 is 6.09 Å². The molecule has 1 heterocycles. The number of carbonyl (C=O) groups excluding carboxylic acids is 2. The molecule has 2 amide bonds. The summed E-state index contributed by atoms with van der Waals surface area (Å²) in [4.78, 5) is 34.7. The average Bonchev–Trinajstić information content (AvgIpc) is 3.74. The van der Waals surface area contributed by atoms with Gasteiger partial charge in [-0.25, -0.2) is 4.79 Å². The highest BCUT2D eigenvalue weighted by Gasteiger charge is 2.65. The van der Waals surface area contributed by atoms with Crippen molar-refractivity contribution in [2.75, 3.05) is 34.0 Å². The predicted octanol–water partition coefficient (Wildman–Crippen LogP) is 7.67. The van der Waals surface area contributed by atoms with Gasteiger partial charge in [0.25, 0.3) is 0 Å². The van der Waals surface area contributed by atoms with Crippen LogP contribution >= 0.6 is 0 Å². The zero-order valence-corrected chi connectivity index (χ0v) is 33.2. The number of aliphatic hydroxyl groups is 2. The molecule has 4 aliphatic rings. The summed E-state index contributed by atoms with van der Waals surface area (Å²) >= 11 is 0. The van der Waals surface area contributed by atoms with Gasteiger partial charge < -0.3 is 39.5 Å². The standard InChI is InChI=1S/C45H61N3O8/c1-4-26-54-45-40(48(2)41(51)23-20-31-14-8-9-15-31)29-38(47-53-3)36-27-33(18-10-12-24-49)35(19-11-13-25-50)42(43(36)45)37-28-34(21-22-39(37)56-45)55-44(52)46-30-32-16-6-5-7-17-32/h4-7,16-17,21-22,27-28,31,33,35,40,42-43,49-50H,1,8-15,18-20,23-26,29-30H2,2-3H3,(H,46,52)/t33-,35+,40-,42+,43+,45+/m0/s1. The summed E-state index contributed by atoms with van der Waals surface area (Å²) < 4.78 is 20.0. The van der Waals surface area contributed by atoms with Crippen LogP contribution in [0.25, 0.3) is 0 Å². The fourth-order valence-corrected chi connectivity index (χ4v) is 9.79. The maximum atomic E-state index is 14.2. The second-order valence-corrected chi connectivity index (χ2v) is 15.9. The molecule has 0 spiro atoms. The van der Waals surface area contributed by atoms with Crippen LogP contribution < -0.4 is 14.8 Å². The summed E-state index contributed by atoms with van der Waals surface area (Å²) in [6.45, 7) is 4.73. The van der Waals surface area contributed by atoms with E-state index in [1.165, 1.54) is 25.7 Å². The number of nitrogens with zero attached hydrogens (tertiary/aromatic N) is 2. The van der Waals surface area contributed by atoms with Crippen LogP contribution in [0.4, 0.5) is 4.79 Å². The fourth-order valence-electron chi connectivity index (χ4n) is 9.79. The summed E-state index contributed by atoms with van der Waals surface area (Å²) in [5.74, 6) is -0.143. The molecule has 2 saturated carbocycles. The van der Waals surface area contributed by atoms with Crippen molar-refractivity contribution in [3.8, 4) is 11.5 Å². The van der Waals surface area contributed by atoms with Crippen LogP contribution in [-0.4, -0.2) is 78.6 Å². The van der Waals surface area contributed by atoms with E-state index >= 15 is 0 Å². The quantitative estimate of drug-likeness (QED) is 0.0752. The second kappa shape index (κ2) is 19.8. The maximum absolute atomic E-state index is 14.2. The lowest BCUT2D eigenvalue weighted by atomic mass is 9.55. The van der Waals surface area contributed by atoms with Gasteiger partial charge in [-0.2, -0.15) is 0 Å². The molecule has 2 fully saturated rings. The Kier molecular flexibility index (Phi) is 14.6. The Morgan fingerprint density at radius 1 is 1.04 bits per heavy atom. The molecule has 304 valence electrons. The van der Waals surface area contributed by atoms with Gasteiger partial charge in [0.2, 0.25) is 11.7 Å². The van der Waals surface area contributed by atoms with Gasteiger partial charge in [0.1, 0.15) is 24.7 Å². The first kappa shape index (κ1) is 41.4. The van der Waals surface area contributed by atoms with Gasteiger partial charge in [-0.05, 0) is 79.2 Å². The normalized spacial score (nSPS) is 26.0. The zero-order chi connectivity index (χ0) is 39.5. The number of aliphatic hydroxyl groups excluding tert-OH is 2. The van der Waals surface area contributed by atoms with Crippen molar-refractivity contribution < 1.29 is 38.9 Å². The summed E-state index contributed by atoms with van der Waals surface area (Å²) in [6, 6.07) is 14.6. The van der Waals surface area contributed by atoms with Crippen molar-refractivity contribution in [2.24, 2.45) is 28.8 Å². The van der Waals surface area contributed by atoms with Crippen molar-refractivity contribution >= 4 is 17.7 Å². The van der Waals surface area contributed by atoms with Crippen molar-refractivity contribution in [3.63, 3.8) is 0 Å². The Labute approximate surface area is 332 Å². The Bertz CT molecular complexity index is 1690. The Morgan fingerprint density at radius 2 is 1.79 bits per heavy atom. The molecule has 0 radical (unpaired) electrons. The molecular formula is C45H61N3O8. The van der Waals surface area contributed by atoms with E-state index in [9.17, 15) is 19.8 Å². The van der Waals surface area contributed by atoms with Gasteiger partial charge in [0, 0.05) is 51.1 Å². The Morgan fingerprint density at radius 3 is 2.50 bits per heavy atom. The number of benzene rings is 2. The fraction of sp³-hybridized carbons (Fsp3) is 0.578. The number of likely N-dealkylation sites (N-methyl/N-ethyl adjacent to an activating group) is 1. The van der Waals surface area contributed by atoms with E-state index in [1.54, 1.807) is 19.3 Å². The Hall–Kier alpha value is -4.19. The van der Waals surface area contributed by atoms with E-state index in [-0.39, 0.29) is 43.5 Å². The largest absolute Gasteiger partial charge is 0.459 e. The molecule has 0 unspecified atom stereocenters. The minimum Gasteiger partial charge on any atom is -0.459 e. The molecule has 56 heavy (non-hydrogen) atoms. The molecule has 11 heteroatoms. The third-order valence-corrected chi connectivity index (χ3v) is 12.4. The summed E-state index contributed by atoms with van der Waals surface area (Å²) in [5.41, 5.74) is 3.57. The number of oxime groups is 1. The van der Waals surface area contributed by atoms with Crippen molar-refractivity contribution in [1.82, 2.24) is 10.2 Å². The number of hydrogen-bond acceptors (Lipinski definition) is 9. The van der Waals surface area contributed by atoms with E-state index in [0.29, 0.717) is 49.6 Å². The van der Waals surface area contributed by atoms with Crippen molar-refractivity contribution in [2.45, 2.75) is 108 Å².